The molecule has 0 heterocycles. The lowest BCUT2D eigenvalue weighted by Gasteiger charge is -2.23. The van der Waals surface area contributed by atoms with Crippen LogP contribution in [0.1, 0.15) is 39.0 Å². The zero-order valence-electron chi connectivity index (χ0n) is 17.3. The summed E-state index contributed by atoms with van der Waals surface area (Å²) in [6.07, 6.45) is 0.0548. The molecule has 14 nitrogen and oxygen atoms in total. The van der Waals surface area contributed by atoms with Crippen molar-refractivity contribution >= 4 is 35.5 Å². The van der Waals surface area contributed by atoms with Crippen LogP contribution in [-0.4, -0.2) is 71.3 Å². The third kappa shape index (κ3) is 11.5. The number of primary amides is 2. The number of carboxylic acid groups (broad SMARTS) is 1. The summed E-state index contributed by atoms with van der Waals surface area (Å²) >= 11 is 0. The van der Waals surface area contributed by atoms with E-state index in [0.29, 0.717) is 19.4 Å². The molecule has 0 aliphatic heterocycles. The number of hydrogen-bond acceptors (Lipinski definition) is 8. The van der Waals surface area contributed by atoms with Gasteiger partial charge in [0.15, 0.2) is 0 Å². The first kappa shape index (κ1) is 27.7. The maximum absolute atomic E-state index is 12.5. The molecule has 5 amide bonds. The van der Waals surface area contributed by atoms with Crippen LogP contribution >= 0.6 is 0 Å². The Morgan fingerprint density at radius 3 is 1.84 bits per heavy atom. The van der Waals surface area contributed by atoms with E-state index >= 15 is 0 Å². The second-order valence-corrected chi connectivity index (χ2v) is 6.92. The van der Waals surface area contributed by atoms with Gasteiger partial charge in [0, 0.05) is 0 Å². The molecule has 0 saturated carbocycles. The molecule has 0 aromatic heterocycles. The van der Waals surface area contributed by atoms with Crippen LogP contribution in [0.2, 0.25) is 0 Å². The van der Waals surface area contributed by atoms with Crippen molar-refractivity contribution in [3.05, 3.63) is 0 Å². The van der Waals surface area contributed by atoms with E-state index in [4.69, 9.17) is 28.0 Å². The second-order valence-electron chi connectivity index (χ2n) is 6.92. The summed E-state index contributed by atoms with van der Waals surface area (Å²) in [6.45, 7) is 1.66. The van der Waals surface area contributed by atoms with E-state index in [1.165, 1.54) is 6.92 Å². The number of hydrogen-bond donors (Lipinski definition) is 8. The van der Waals surface area contributed by atoms with Gasteiger partial charge in [-0.25, -0.2) is 4.79 Å². The Balaban J connectivity index is 5.14. The molecule has 0 aromatic rings. The third-order valence-electron chi connectivity index (χ3n) is 4.11. The highest BCUT2D eigenvalue weighted by Crippen LogP contribution is 2.04. The molecule has 0 aromatic carbocycles. The fourth-order valence-electron chi connectivity index (χ4n) is 2.43. The van der Waals surface area contributed by atoms with E-state index in [1.807, 2.05) is 0 Å². The van der Waals surface area contributed by atoms with Gasteiger partial charge < -0.3 is 44.0 Å². The lowest BCUT2D eigenvalue weighted by molar-refractivity contribution is -0.143. The van der Waals surface area contributed by atoms with E-state index in [9.17, 15) is 28.8 Å². The Morgan fingerprint density at radius 1 is 0.806 bits per heavy atom. The highest BCUT2D eigenvalue weighted by atomic mass is 16.4. The van der Waals surface area contributed by atoms with Crippen molar-refractivity contribution < 1.29 is 33.9 Å². The standard InChI is InChI=1S/C17H31N7O7/c1-8(22-15(28)9(19)6-12(20)25)14(27)23-10(4-2-3-5-18)16(29)24-11(17(30)31)7-13(21)26/h8-11H,2-7,18-19H2,1H3,(H2,20,25)(H2,21,26)(H,22,28)(H,23,27)(H,24,29)(H,30,31). The monoisotopic (exact) mass is 445 g/mol. The highest BCUT2D eigenvalue weighted by Gasteiger charge is 2.29. The number of carbonyl (C=O) groups excluding carboxylic acids is 5. The van der Waals surface area contributed by atoms with Gasteiger partial charge in [-0.3, -0.25) is 24.0 Å². The minimum absolute atomic E-state index is 0.125. The molecule has 14 heteroatoms. The molecular formula is C17H31N7O7. The van der Waals surface area contributed by atoms with Crippen molar-refractivity contribution in [3.8, 4) is 0 Å². The highest BCUT2D eigenvalue weighted by molar-refractivity contribution is 5.95. The largest absolute Gasteiger partial charge is 0.480 e. The lowest BCUT2D eigenvalue weighted by Crippen LogP contribution is -2.56. The van der Waals surface area contributed by atoms with Crippen LogP contribution in [-0.2, 0) is 28.8 Å². The number of amides is 5. The van der Waals surface area contributed by atoms with Gasteiger partial charge in [0.1, 0.15) is 18.1 Å². The summed E-state index contributed by atoms with van der Waals surface area (Å²) < 4.78 is 0. The maximum Gasteiger partial charge on any atom is 0.326 e. The first-order chi connectivity index (χ1) is 14.4. The molecule has 0 fully saturated rings. The van der Waals surface area contributed by atoms with Gasteiger partial charge in [0.25, 0.3) is 0 Å². The fraction of sp³-hybridized carbons (Fsp3) is 0.647. The van der Waals surface area contributed by atoms with Crippen molar-refractivity contribution in [2.24, 2.45) is 22.9 Å². The molecule has 4 unspecified atom stereocenters. The molecule has 0 aliphatic rings. The van der Waals surface area contributed by atoms with Crippen molar-refractivity contribution in [2.45, 2.75) is 63.2 Å². The normalized spacial score (nSPS) is 14.4. The van der Waals surface area contributed by atoms with Gasteiger partial charge >= 0.3 is 5.97 Å². The predicted octanol–water partition coefficient (Wildman–Crippen LogP) is -4.25. The summed E-state index contributed by atoms with van der Waals surface area (Å²) in [4.78, 5) is 69.9. The molecule has 0 bridgehead atoms. The summed E-state index contributed by atoms with van der Waals surface area (Å²) in [7, 11) is 0. The van der Waals surface area contributed by atoms with E-state index in [0.717, 1.165) is 0 Å². The number of nitrogens with two attached hydrogens (primary N) is 4. The number of carboxylic acids is 1. The minimum atomic E-state index is -1.57. The van der Waals surface area contributed by atoms with Gasteiger partial charge in [0.2, 0.25) is 29.5 Å². The topological polar surface area (TPSA) is 263 Å². The summed E-state index contributed by atoms with van der Waals surface area (Å²) in [5.41, 5.74) is 20.9. The predicted molar refractivity (Wildman–Crippen MR) is 108 cm³/mol. The van der Waals surface area contributed by atoms with E-state index in [2.05, 4.69) is 16.0 Å². The first-order valence-corrected chi connectivity index (χ1v) is 9.55. The third-order valence-corrected chi connectivity index (χ3v) is 4.11. The molecule has 31 heavy (non-hydrogen) atoms. The average Bonchev–Trinajstić information content (AvgIpc) is 2.65. The maximum atomic E-state index is 12.5. The van der Waals surface area contributed by atoms with Gasteiger partial charge in [-0.15, -0.1) is 0 Å². The van der Waals surface area contributed by atoms with Crippen LogP contribution in [0.4, 0.5) is 0 Å². The van der Waals surface area contributed by atoms with Crippen LogP contribution in [0.15, 0.2) is 0 Å². The van der Waals surface area contributed by atoms with Crippen molar-refractivity contribution in [1.29, 1.82) is 0 Å². The zero-order valence-corrected chi connectivity index (χ0v) is 17.3. The van der Waals surface area contributed by atoms with Crippen LogP contribution in [0, 0.1) is 0 Å². The smallest absolute Gasteiger partial charge is 0.326 e. The van der Waals surface area contributed by atoms with Crippen molar-refractivity contribution in [3.63, 3.8) is 0 Å². The molecule has 12 N–H and O–H groups in total. The Bertz CT molecular complexity index is 686. The fourth-order valence-corrected chi connectivity index (χ4v) is 2.43. The summed E-state index contributed by atoms with van der Waals surface area (Å²) in [6, 6.07) is -5.10. The molecule has 176 valence electrons. The molecule has 0 rings (SSSR count). The summed E-state index contributed by atoms with van der Waals surface area (Å²) in [5.74, 6) is -5.58. The number of carbonyl (C=O) groups is 6. The van der Waals surface area contributed by atoms with Crippen molar-refractivity contribution in [2.75, 3.05) is 6.54 Å². The van der Waals surface area contributed by atoms with Gasteiger partial charge in [-0.2, -0.15) is 0 Å². The van der Waals surface area contributed by atoms with Crippen LogP contribution < -0.4 is 38.9 Å². The van der Waals surface area contributed by atoms with E-state index in [1.54, 1.807) is 0 Å². The molecular weight excluding hydrogens is 414 g/mol. The quantitative estimate of drug-likeness (QED) is 0.113. The Morgan fingerprint density at radius 2 is 1.35 bits per heavy atom. The van der Waals surface area contributed by atoms with Crippen LogP contribution in [0.5, 0.6) is 0 Å². The van der Waals surface area contributed by atoms with E-state index in [-0.39, 0.29) is 6.42 Å². The van der Waals surface area contributed by atoms with Crippen LogP contribution in [0.3, 0.4) is 0 Å². The average molecular weight is 445 g/mol. The SMILES string of the molecule is CC(NC(=O)C(N)CC(N)=O)C(=O)NC(CCCCN)C(=O)NC(CC(N)=O)C(=O)O. The molecule has 4 atom stereocenters. The number of nitrogens with one attached hydrogen (secondary N) is 3. The molecule has 0 saturated heterocycles. The van der Waals surface area contributed by atoms with E-state index < -0.39 is 72.5 Å². The second kappa shape index (κ2) is 13.9. The molecule has 0 radical (unpaired) electrons. The molecule has 0 spiro atoms. The zero-order chi connectivity index (χ0) is 24.1. The number of aliphatic carboxylic acids is 1. The first-order valence-electron chi connectivity index (χ1n) is 9.55. The van der Waals surface area contributed by atoms with Gasteiger partial charge in [0.05, 0.1) is 18.9 Å². The minimum Gasteiger partial charge on any atom is -0.480 e. The Hall–Kier alpha value is -3.26. The number of rotatable bonds is 15. The number of unbranched alkanes of at least 4 members (excludes halogenated alkanes) is 1. The summed E-state index contributed by atoms with van der Waals surface area (Å²) in [5, 5.41) is 16.0. The molecule has 0 aliphatic carbocycles. The van der Waals surface area contributed by atoms with Crippen LogP contribution in [0.25, 0.3) is 0 Å². The Kier molecular flexibility index (Phi) is 12.4. The van der Waals surface area contributed by atoms with Gasteiger partial charge in [-0.05, 0) is 32.7 Å². The van der Waals surface area contributed by atoms with Gasteiger partial charge in [-0.1, -0.05) is 0 Å². The van der Waals surface area contributed by atoms with Crippen molar-refractivity contribution in [1.82, 2.24) is 16.0 Å². The lowest BCUT2D eigenvalue weighted by atomic mass is 10.1. The Labute approximate surface area is 178 Å².